The monoisotopic (exact) mass is 615 g/mol. The maximum atomic E-state index is 14.2. The highest BCUT2D eigenvalue weighted by Gasteiger charge is 2.33. The molecule has 0 radical (unpaired) electrons. The minimum atomic E-state index is -3.96. The number of halogens is 1. The van der Waals surface area contributed by atoms with Gasteiger partial charge in [-0.2, -0.15) is 0 Å². The second kappa shape index (κ2) is 15.5. The molecule has 0 aromatic heterocycles. The Bertz CT molecular complexity index is 1450. The molecule has 1 N–H and O–H groups in total. The van der Waals surface area contributed by atoms with E-state index in [2.05, 4.69) is 5.32 Å². The number of hydrogen-bond acceptors (Lipinski definition) is 6. The van der Waals surface area contributed by atoms with Crippen LogP contribution in [0.25, 0.3) is 0 Å². The number of sulfonamides is 1. The number of nitrogens with zero attached hydrogens (tertiary/aromatic N) is 2. The summed E-state index contributed by atoms with van der Waals surface area (Å²) in [4.78, 5) is 29.3. The first-order valence-corrected chi connectivity index (χ1v) is 15.8. The van der Waals surface area contributed by atoms with E-state index in [1.807, 2.05) is 43.3 Å². The number of ether oxygens (including phenoxy) is 2. The van der Waals surface area contributed by atoms with E-state index in [0.717, 1.165) is 29.0 Å². The summed E-state index contributed by atoms with van der Waals surface area (Å²) in [5.41, 5.74) is 1.72. The molecule has 0 heterocycles. The van der Waals surface area contributed by atoms with Gasteiger partial charge in [-0.15, -0.1) is 0 Å². The zero-order valence-electron chi connectivity index (χ0n) is 24.4. The van der Waals surface area contributed by atoms with Gasteiger partial charge in [0.2, 0.25) is 21.8 Å². The summed E-state index contributed by atoms with van der Waals surface area (Å²) >= 11 is 6.25. The molecule has 11 heteroatoms. The molecular weight excluding hydrogens is 578 g/mol. The number of anilines is 1. The molecule has 3 aromatic carbocycles. The van der Waals surface area contributed by atoms with Crippen LogP contribution in [0.1, 0.15) is 30.9 Å². The predicted molar refractivity (Wildman–Crippen MR) is 166 cm³/mol. The molecule has 2 amide bonds. The van der Waals surface area contributed by atoms with Crippen molar-refractivity contribution >= 4 is 39.1 Å². The molecule has 3 rings (SSSR count). The third kappa shape index (κ3) is 9.12. The summed E-state index contributed by atoms with van der Waals surface area (Å²) in [5.74, 6) is -0.211. The first-order chi connectivity index (χ1) is 20.1. The Kier molecular flexibility index (Phi) is 12.1. The van der Waals surface area contributed by atoms with Gasteiger partial charge >= 0.3 is 0 Å². The Morgan fingerprint density at radius 1 is 0.952 bits per heavy atom. The van der Waals surface area contributed by atoms with Gasteiger partial charge in [-0.3, -0.25) is 13.9 Å². The van der Waals surface area contributed by atoms with E-state index in [1.54, 1.807) is 30.3 Å². The van der Waals surface area contributed by atoms with Gasteiger partial charge in [0.1, 0.15) is 24.1 Å². The number of carbonyl (C=O) groups excluding carboxylic acids is 2. The Morgan fingerprint density at radius 2 is 1.67 bits per heavy atom. The van der Waals surface area contributed by atoms with E-state index >= 15 is 0 Å². The van der Waals surface area contributed by atoms with Gasteiger partial charge in [0, 0.05) is 30.6 Å². The second-order valence-electron chi connectivity index (χ2n) is 9.81. The molecule has 0 bridgehead atoms. The van der Waals surface area contributed by atoms with Crippen LogP contribution in [-0.4, -0.2) is 64.7 Å². The molecule has 226 valence electrons. The standard InChI is InChI=1S/C31H38ClN3O6S/c1-5-6-17-33-31(37)28(19-23-11-8-7-9-12-23)34(21-24-13-10-14-25(32)18-24)30(36)22-35(42(4,38)39)27-16-15-26(40-2)20-29(27)41-3/h7-16,18,20,28H,5-6,17,19,21-22H2,1-4H3,(H,33,37)/t28-/m0/s1. The number of benzene rings is 3. The van der Waals surface area contributed by atoms with Crippen molar-refractivity contribution in [3.63, 3.8) is 0 Å². The number of unbranched alkanes of at least 4 members (excludes halogenated alkanes) is 1. The highest BCUT2D eigenvalue weighted by molar-refractivity contribution is 7.92. The normalized spacial score (nSPS) is 11.8. The van der Waals surface area contributed by atoms with Crippen molar-refractivity contribution in [2.45, 2.75) is 38.8 Å². The lowest BCUT2D eigenvalue weighted by atomic mass is 10.0. The van der Waals surface area contributed by atoms with Crippen LogP contribution in [0.2, 0.25) is 5.02 Å². The number of nitrogens with one attached hydrogen (secondary N) is 1. The topological polar surface area (TPSA) is 105 Å². The van der Waals surface area contributed by atoms with Gasteiger partial charge in [0.25, 0.3) is 0 Å². The fourth-order valence-electron chi connectivity index (χ4n) is 4.48. The molecule has 3 aromatic rings. The number of rotatable bonds is 15. The molecular formula is C31H38ClN3O6S. The molecule has 0 saturated carbocycles. The number of amides is 2. The van der Waals surface area contributed by atoms with E-state index in [1.165, 1.54) is 25.2 Å². The molecule has 0 spiro atoms. The van der Waals surface area contributed by atoms with Gasteiger partial charge in [-0.25, -0.2) is 8.42 Å². The average molecular weight is 616 g/mol. The quantitative estimate of drug-likeness (QED) is 0.249. The Labute approximate surface area is 253 Å². The molecule has 0 saturated heterocycles. The first kappa shape index (κ1) is 32.8. The lowest BCUT2D eigenvalue weighted by Crippen LogP contribution is -2.53. The van der Waals surface area contributed by atoms with Crippen molar-refractivity contribution in [2.75, 3.05) is 37.9 Å². The average Bonchev–Trinajstić information content (AvgIpc) is 2.97. The summed E-state index contributed by atoms with van der Waals surface area (Å²) in [6.45, 7) is 1.96. The fraction of sp³-hybridized carbons (Fsp3) is 0.355. The summed E-state index contributed by atoms with van der Waals surface area (Å²) in [7, 11) is -1.07. The van der Waals surface area contributed by atoms with E-state index < -0.39 is 28.5 Å². The zero-order valence-corrected chi connectivity index (χ0v) is 26.0. The lowest BCUT2D eigenvalue weighted by molar-refractivity contribution is -0.140. The van der Waals surface area contributed by atoms with Crippen LogP contribution in [-0.2, 0) is 32.6 Å². The molecule has 1 atom stereocenters. The molecule has 0 aliphatic rings. The molecule has 9 nitrogen and oxygen atoms in total. The largest absolute Gasteiger partial charge is 0.497 e. The molecule has 42 heavy (non-hydrogen) atoms. The van der Waals surface area contributed by atoms with Gasteiger partial charge in [-0.1, -0.05) is 67.4 Å². The second-order valence-corrected chi connectivity index (χ2v) is 12.2. The van der Waals surface area contributed by atoms with Crippen molar-refractivity contribution < 1.29 is 27.5 Å². The van der Waals surface area contributed by atoms with Gasteiger partial charge < -0.3 is 19.7 Å². The Hall–Kier alpha value is -3.76. The first-order valence-electron chi connectivity index (χ1n) is 13.6. The van der Waals surface area contributed by atoms with Gasteiger partial charge in [0.15, 0.2) is 0 Å². The van der Waals surface area contributed by atoms with Gasteiger partial charge in [-0.05, 0) is 41.8 Å². The van der Waals surface area contributed by atoms with Crippen molar-refractivity contribution in [3.8, 4) is 11.5 Å². The minimum Gasteiger partial charge on any atom is -0.497 e. The van der Waals surface area contributed by atoms with Crippen LogP contribution < -0.4 is 19.1 Å². The van der Waals surface area contributed by atoms with Crippen molar-refractivity contribution in [1.82, 2.24) is 10.2 Å². The smallest absolute Gasteiger partial charge is 0.244 e. The Morgan fingerprint density at radius 3 is 2.29 bits per heavy atom. The summed E-state index contributed by atoms with van der Waals surface area (Å²) in [6.07, 6.45) is 2.92. The predicted octanol–water partition coefficient (Wildman–Crippen LogP) is 4.68. The number of hydrogen-bond donors (Lipinski definition) is 1. The highest BCUT2D eigenvalue weighted by Crippen LogP contribution is 2.34. The Balaban J connectivity index is 2.07. The van der Waals surface area contributed by atoms with Crippen LogP contribution in [0.3, 0.4) is 0 Å². The lowest BCUT2D eigenvalue weighted by Gasteiger charge is -2.33. The zero-order chi connectivity index (χ0) is 30.7. The minimum absolute atomic E-state index is 0.0371. The molecule has 0 aliphatic carbocycles. The third-order valence-electron chi connectivity index (χ3n) is 6.68. The van der Waals surface area contributed by atoms with Crippen LogP contribution >= 0.6 is 11.6 Å². The van der Waals surface area contributed by atoms with Crippen molar-refractivity contribution in [2.24, 2.45) is 0 Å². The highest BCUT2D eigenvalue weighted by atomic mass is 35.5. The van der Waals surface area contributed by atoms with E-state index in [0.29, 0.717) is 22.9 Å². The third-order valence-corrected chi connectivity index (χ3v) is 8.04. The fourth-order valence-corrected chi connectivity index (χ4v) is 5.54. The molecule has 0 unspecified atom stereocenters. The number of methoxy groups -OCH3 is 2. The SMILES string of the molecule is CCCCNC(=O)[C@H](Cc1ccccc1)N(Cc1cccc(Cl)c1)C(=O)CN(c1ccc(OC)cc1OC)S(C)(=O)=O. The summed E-state index contributed by atoms with van der Waals surface area (Å²) in [6, 6.07) is 20.1. The van der Waals surface area contributed by atoms with Crippen LogP contribution in [0.15, 0.2) is 72.8 Å². The van der Waals surface area contributed by atoms with E-state index in [9.17, 15) is 18.0 Å². The van der Waals surface area contributed by atoms with Crippen LogP contribution in [0.5, 0.6) is 11.5 Å². The summed E-state index contributed by atoms with van der Waals surface area (Å²) < 4.78 is 37.8. The van der Waals surface area contributed by atoms with Gasteiger partial charge in [0.05, 0.1) is 26.2 Å². The maximum Gasteiger partial charge on any atom is 0.244 e. The molecule has 0 aliphatic heterocycles. The number of carbonyl (C=O) groups is 2. The van der Waals surface area contributed by atoms with Crippen LogP contribution in [0.4, 0.5) is 5.69 Å². The van der Waals surface area contributed by atoms with Crippen molar-refractivity contribution in [3.05, 3.63) is 88.9 Å². The maximum absolute atomic E-state index is 14.2. The van der Waals surface area contributed by atoms with E-state index in [4.69, 9.17) is 21.1 Å². The molecule has 0 fully saturated rings. The van der Waals surface area contributed by atoms with E-state index in [-0.39, 0.29) is 30.3 Å². The van der Waals surface area contributed by atoms with Crippen LogP contribution in [0, 0.1) is 0 Å². The van der Waals surface area contributed by atoms with Crippen molar-refractivity contribution in [1.29, 1.82) is 0 Å². The summed E-state index contributed by atoms with van der Waals surface area (Å²) in [5, 5.41) is 3.44.